The van der Waals surface area contributed by atoms with Gasteiger partial charge in [-0.05, 0) is 6.92 Å². The summed E-state index contributed by atoms with van der Waals surface area (Å²) in [4.78, 5) is 8.08. The minimum atomic E-state index is -1.39. The number of rotatable bonds is 3. The van der Waals surface area contributed by atoms with Crippen LogP contribution in [0.4, 0.5) is 5.82 Å². The highest BCUT2D eigenvalue weighted by atomic mass is 35.5. The fourth-order valence-corrected chi connectivity index (χ4v) is 3.30. The summed E-state index contributed by atoms with van der Waals surface area (Å²) in [6.07, 6.45) is 0.686. The van der Waals surface area contributed by atoms with E-state index >= 15 is 0 Å². The van der Waals surface area contributed by atoms with Gasteiger partial charge < -0.3 is 30.0 Å². The summed E-state index contributed by atoms with van der Waals surface area (Å²) in [5.74, 6) is 0.244. The molecular formula is C13H17ClN4O4. The number of fused-ring (bicyclic) bond motifs is 1. The first-order valence-electron chi connectivity index (χ1n) is 6.69. The maximum atomic E-state index is 10.8. The average Bonchev–Trinajstić information content (AvgIpc) is 2.93. The standard InChI is InChI=1S/C13H17ClN4O4/c1-13(20)9(21-2)7(4-19)22-12(13)18-3-6(14)8-10(15)16-5-17-11(8)18/h3,5,7,9,12,19-20H,4H2,1-2H3,(H2,15,16,17)/t7-,9-,12-,13-/m1/s1. The number of hydrogen-bond donors (Lipinski definition) is 3. The van der Waals surface area contributed by atoms with Crippen molar-refractivity contribution in [3.8, 4) is 0 Å². The van der Waals surface area contributed by atoms with Gasteiger partial charge in [-0.15, -0.1) is 0 Å². The number of nitrogens with two attached hydrogens (primary N) is 1. The highest BCUT2D eigenvalue weighted by Gasteiger charge is 2.54. The summed E-state index contributed by atoms with van der Waals surface area (Å²) in [6.45, 7) is 1.29. The molecule has 3 heterocycles. The van der Waals surface area contributed by atoms with E-state index in [1.807, 2.05) is 0 Å². The molecule has 0 unspecified atom stereocenters. The molecule has 0 amide bonds. The van der Waals surface area contributed by atoms with Crippen molar-refractivity contribution in [3.05, 3.63) is 17.5 Å². The van der Waals surface area contributed by atoms with Gasteiger partial charge in [-0.2, -0.15) is 0 Å². The minimum absolute atomic E-state index is 0.244. The predicted octanol–water partition coefficient (Wildman–Crippen LogP) is 0.323. The van der Waals surface area contributed by atoms with Crippen LogP contribution >= 0.6 is 11.6 Å². The molecule has 2 aromatic rings. The van der Waals surface area contributed by atoms with Gasteiger partial charge in [-0.3, -0.25) is 0 Å². The Morgan fingerprint density at radius 2 is 2.27 bits per heavy atom. The summed E-state index contributed by atoms with van der Waals surface area (Å²) in [5, 5.41) is 21.1. The number of anilines is 1. The second kappa shape index (κ2) is 5.32. The maximum absolute atomic E-state index is 10.8. The van der Waals surface area contributed by atoms with E-state index in [-0.39, 0.29) is 12.4 Å². The highest BCUT2D eigenvalue weighted by Crippen LogP contribution is 2.42. The van der Waals surface area contributed by atoms with Crippen LogP contribution in [0.5, 0.6) is 0 Å². The van der Waals surface area contributed by atoms with Crippen LogP contribution in [0, 0.1) is 0 Å². The highest BCUT2D eigenvalue weighted by molar-refractivity contribution is 6.36. The van der Waals surface area contributed by atoms with Crippen LogP contribution in [0.3, 0.4) is 0 Å². The lowest BCUT2D eigenvalue weighted by Gasteiger charge is -2.29. The van der Waals surface area contributed by atoms with Gasteiger partial charge in [0.15, 0.2) is 6.23 Å². The molecule has 0 aromatic carbocycles. The zero-order valence-corrected chi connectivity index (χ0v) is 12.9. The van der Waals surface area contributed by atoms with Crippen LogP contribution in [0.1, 0.15) is 13.2 Å². The number of nitrogen functional groups attached to an aromatic ring is 1. The summed E-state index contributed by atoms with van der Waals surface area (Å²) in [6, 6.07) is 0. The maximum Gasteiger partial charge on any atom is 0.167 e. The largest absolute Gasteiger partial charge is 0.394 e. The molecule has 0 aliphatic carbocycles. The van der Waals surface area contributed by atoms with Crippen molar-refractivity contribution in [2.45, 2.75) is 31.0 Å². The van der Waals surface area contributed by atoms with Gasteiger partial charge in [0.05, 0.1) is 17.0 Å². The molecule has 0 spiro atoms. The van der Waals surface area contributed by atoms with Crippen molar-refractivity contribution in [1.29, 1.82) is 0 Å². The van der Waals surface area contributed by atoms with Gasteiger partial charge in [0.1, 0.15) is 35.6 Å². The van der Waals surface area contributed by atoms with Crippen LogP contribution in [-0.2, 0) is 9.47 Å². The first-order valence-corrected chi connectivity index (χ1v) is 7.07. The van der Waals surface area contributed by atoms with Crippen molar-refractivity contribution in [3.63, 3.8) is 0 Å². The molecule has 22 heavy (non-hydrogen) atoms. The Bertz CT molecular complexity index is 705. The number of aliphatic hydroxyl groups excluding tert-OH is 1. The summed E-state index contributed by atoms with van der Waals surface area (Å²) in [5.41, 5.74) is 4.88. The Morgan fingerprint density at radius 1 is 1.55 bits per heavy atom. The molecule has 1 aliphatic heterocycles. The van der Waals surface area contributed by atoms with Crippen molar-refractivity contribution >= 4 is 28.5 Å². The third-order valence-corrected chi connectivity index (χ3v) is 4.28. The monoisotopic (exact) mass is 328 g/mol. The number of ether oxygens (including phenoxy) is 2. The van der Waals surface area contributed by atoms with E-state index < -0.39 is 24.0 Å². The van der Waals surface area contributed by atoms with Crippen LogP contribution in [-0.4, -0.2) is 56.3 Å². The Kier molecular flexibility index (Phi) is 3.74. The molecule has 0 saturated carbocycles. The normalized spacial score (nSPS) is 32.0. The van der Waals surface area contributed by atoms with Gasteiger partial charge in [-0.25, -0.2) is 9.97 Å². The quantitative estimate of drug-likeness (QED) is 0.743. The first kappa shape index (κ1) is 15.4. The Hall–Kier alpha value is -1.45. The van der Waals surface area contributed by atoms with Crippen molar-refractivity contribution in [1.82, 2.24) is 14.5 Å². The second-order valence-electron chi connectivity index (χ2n) is 5.43. The van der Waals surface area contributed by atoms with E-state index in [0.29, 0.717) is 16.1 Å². The molecule has 0 bridgehead atoms. The Labute approximate surface area is 131 Å². The van der Waals surface area contributed by atoms with Crippen LogP contribution in [0.25, 0.3) is 11.0 Å². The van der Waals surface area contributed by atoms with Gasteiger partial charge in [0.2, 0.25) is 0 Å². The number of hydrogen-bond acceptors (Lipinski definition) is 7. The molecule has 8 nitrogen and oxygen atoms in total. The fourth-order valence-electron chi connectivity index (χ4n) is 3.01. The molecular weight excluding hydrogens is 312 g/mol. The SMILES string of the molecule is CO[C@@H]1[C@@H](CO)O[C@@H](n2cc(Cl)c3c(N)ncnc32)[C@]1(C)O. The van der Waals surface area contributed by atoms with Crippen LogP contribution in [0.2, 0.25) is 5.02 Å². The molecule has 0 radical (unpaired) electrons. The number of nitrogens with zero attached hydrogens (tertiary/aromatic N) is 3. The van der Waals surface area contributed by atoms with Gasteiger partial charge in [0.25, 0.3) is 0 Å². The molecule has 1 aliphatic rings. The lowest BCUT2D eigenvalue weighted by Crippen LogP contribution is -2.45. The smallest absolute Gasteiger partial charge is 0.167 e. The third-order valence-electron chi connectivity index (χ3n) is 4.00. The minimum Gasteiger partial charge on any atom is -0.394 e. The lowest BCUT2D eigenvalue weighted by molar-refractivity contribution is -0.101. The summed E-state index contributed by atoms with van der Waals surface area (Å²) < 4.78 is 12.6. The molecule has 2 aromatic heterocycles. The molecule has 4 N–H and O–H groups in total. The topological polar surface area (TPSA) is 116 Å². The van der Waals surface area contributed by atoms with E-state index in [0.717, 1.165) is 0 Å². The van der Waals surface area contributed by atoms with Crippen molar-refractivity contribution < 1.29 is 19.7 Å². The Morgan fingerprint density at radius 3 is 2.86 bits per heavy atom. The number of methoxy groups -OCH3 is 1. The Balaban J connectivity index is 2.14. The molecule has 4 atom stereocenters. The molecule has 120 valence electrons. The van der Waals surface area contributed by atoms with E-state index in [1.54, 1.807) is 17.7 Å². The number of aromatic nitrogens is 3. The zero-order chi connectivity index (χ0) is 16.1. The van der Waals surface area contributed by atoms with Gasteiger partial charge in [-0.1, -0.05) is 11.6 Å². The van der Waals surface area contributed by atoms with E-state index in [2.05, 4.69) is 9.97 Å². The van der Waals surface area contributed by atoms with E-state index in [4.69, 9.17) is 26.8 Å². The third kappa shape index (κ3) is 2.07. The van der Waals surface area contributed by atoms with Gasteiger partial charge in [0, 0.05) is 13.3 Å². The number of halogens is 1. The fraction of sp³-hybridized carbons (Fsp3) is 0.538. The van der Waals surface area contributed by atoms with Crippen LogP contribution < -0.4 is 5.73 Å². The summed E-state index contributed by atoms with van der Waals surface area (Å²) >= 11 is 6.20. The van der Waals surface area contributed by atoms with E-state index in [1.165, 1.54) is 13.4 Å². The number of aliphatic hydroxyl groups is 2. The average molecular weight is 329 g/mol. The van der Waals surface area contributed by atoms with Crippen molar-refractivity contribution in [2.24, 2.45) is 0 Å². The molecule has 1 fully saturated rings. The first-order chi connectivity index (χ1) is 10.4. The van der Waals surface area contributed by atoms with E-state index in [9.17, 15) is 10.2 Å². The van der Waals surface area contributed by atoms with Crippen molar-refractivity contribution in [2.75, 3.05) is 19.5 Å². The van der Waals surface area contributed by atoms with Gasteiger partial charge >= 0.3 is 0 Å². The molecule has 1 saturated heterocycles. The lowest BCUT2D eigenvalue weighted by atomic mass is 9.96. The molecule has 3 rings (SSSR count). The zero-order valence-electron chi connectivity index (χ0n) is 12.1. The van der Waals surface area contributed by atoms with Crippen LogP contribution in [0.15, 0.2) is 12.5 Å². The molecule has 9 heteroatoms. The second-order valence-corrected chi connectivity index (χ2v) is 5.84. The summed E-state index contributed by atoms with van der Waals surface area (Å²) in [7, 11) is 1.45. The predicted molar refractivity (Wildman–Crippen MR) is 79.4 cm³/mol.